The Balaban J connectivity index is 1.62. The molecule has 0 saturated carbocycles. The largest absolute Gasteiger partial charge is 0.364 e. The topological polar surface area (TPSA) is 96.9 Å². The predicted octanol–water partition coefficient (Wildman–Crippen LogP) is 1.34. The van der Waals surface area contributed by atoms with Crippen LogP contribution in [0.25, 0.3) is 10.9 Å². The minimum atomic E-state index is -0.601. The Bertz CT molecular complexity index is 733. The maximum Gasteiger partial charge on any atom is 0.237 e. The first-order valence-electron chi connectivity index (χ1n) is 6.71. The molecule has 0 aliphatic rings. The molecular weight excluding hydrogens is 268 g/mol. The second kappa shape index (κ2) is 5.80. The van der Waals surface area contributed by atoms with Crippen LogP contribution in [0, 0.1) is 0 Å². The number of H-pyrrole nitrogens is 1. The Kier molecular flexibility index (Phi) is 3.70. The van der Waals surface area contributed by atoms with Crippen LogP contribution in [0.15, 0.2) is 47.3 Å². The van der Waals surface area contributed by atoms with E-state index in [2.05, 4.69) is 15.5 Å². The molecule has 1 aromatic carbocycles. The quantitative estimate of drug-likeness (QED) is 0.658. The van der Waals surface area contributed by atoms with Crippen LogP contribution in [0.3, 0.4) is 0 Å². The van der Waals surface area contributed by atoms with Gasteiger partial charge in [-0.3, -0.25) is 4.79 Å². The summed E-state index contributed by atoms with van der Waals surface area (Å²) in [7, 11) is 0. The highest BCUT2D eigenvalue weighted by atomic mass is 16.5. The molecule has 0 fully saturated rings. The van der Waals surface area contributed by atoms with Gasteiger partial charge in [0.05, 0.1) is 12.6 Å². The van der Waals surface area contributed by atoms with Crippen molar-refractivity contribution < 1.29 is 9.32 Å². The molecule has 6 nitrogen and oxygen atoms in total. The van der Waals surface area contributed by atoms with E-state index in [-0.39, 0.29) is 5.91 Å². The average molecular weight is 284 g/mol. The molecule has 0 bridgehead atoms. The highest BCUT2D eigenvalue weighted by Gasteiger charge is 2.16. The standard InChI is InChI=1S/C15H16N4O2/c16-13(15(20)18-9-11-5-6-21-19-11)7-10-8-17-14-4-2-1-3-12(10)14/h1-6,8,13,17H,7,9,16H2,(H,18,20)/t13-/m0/s1. The van der Waals surface area contributed by atoms with Gasteiger partial charge in [-0.05, 0) is 18.1 Å². The van der Waals surface area contributed by atoms with Crippen molar-refractivity contribution in [3.63, 3.8) is 0 Å². The predicted molar refractivity (Wildman–Crippen MR) is 78.3 cm³/mol. The third-order valence-corrected chi connectivity index (χ3v) is 3.39. The molecule has 0 spiro atoms. The molecule has 0 unspecified atom stereocenters. The normalized spacial score (nSPS) is 12.4. The SMILES string of the molecule is N[C@@H](Cc1c[nH]c2ccccc12)C(=O)NCc1ccon1. The Morgan fingerprint density at radius 1 is 1.38 bits per heavy atom. The maximum absolute atomic E-state index is 12.0. The van der Waals surface area contributed by atoms with Gasteiger partial charge >= 0.3 is 0 Å². The van der Waals surface area contributed by atoms with Crippen LogP contribution in [-0.2, 0) is 17.8 Å². The minimum Gasteiger partial charge on any atom is -0.364 e. The van der Waals surface area contributed by atoms with Crippen molar-refractivity contribution in [1.29, 1.82) is 0 Å². The summed E-state index contributed by atoms with van der Waals surface area (Å²) in [6.07, 6.45) is 3.84. The number of fused-ring (bicyclic) bond motifs is 1. The Labute approximate surface area is 121 Å². The Morgan fingerprint density at radius 3 is 3.05 bits per heavy atom. The van der Waals surface area contributed by atoms with Crippen LogP contribution >= 0.6 is 0 Å². The summed E-state index contributed by atoms with van der Waals surface area (Å²) in [5.74, 6) is -0.205. The van der Waals surface area contributed by atoms with Crippen molar-refractivity contribution in [2.45, 2.75) is 19.0 Å². The smallest absolute Gasteiger partial charge is 0.237 e. The van der Waals surface area contributed by atoms with Gasteiger partial charge in [-0.25, -0.2) is 0 Å². The molecule has 3 rings (SSSR count). The van der Waals surface area contributed by atoms with E-state index < -0.39 is 6.04 Å². The second-order valence-electron chi connectivity index (χ2n) is 4.88. The number of rotatable bonds is 5. The maximum atomic E-state index is 12.0. The molecule has 0 saturated heterocycles. The molecule has 0 aliphatic carbocycles. The average Bonchev–Trinajstić information content (AvgIpc) is 3.15. The molecule has 3 aromatic rings. The van der Waals surface area contributed by atoms with Gasteiger partial charge in [0.2, 0.25) is 5.91 Å². The number of hydrogen-bond acceptors (Lipinski definition) is 4. The molecule has 4 N–H and O–H groups in total. The van der Waals surface area contributed by atoms with Gasteiger partial charge in [-0.15, -0.1) is 0 Å². The van der Waals surface area contributed by atoms with E-state index in [1.165, 1.54) is 6.26 Å². The summed E-state index contributed by atoms with van der Waals surface area (Å²) in [6.45, 7) is 0.316. The molecule has 1 amide bonds. The molecule has 108 valence electrons. The molecule has 2 heterocycles. The third kappa shape index (κ3) is 2.95. The van der Waals surface area contributed by atoms with Crippen molar-refractivity contribution in [1.82, 2.24) is 15.5 Å². The van der Waals surface area contributed by atoms with Crippen LogP contribution in [-0.4, -0.2) is 22.1 Å². The number of para-hydroxylation sites is 1. The second-order valence-corrected chi connectivity index (χ2v) is 4.88. The number of aromatic nitrogens is 2. The van der Waals surface area contributed by atoms with Gasteiger partial charge in [0, 0.05) is 23.2 Å². The number of aromatic amines is 1. The molecular formula is C15H16N4O2. The molecule has 0 aliphatic heterocycles. The van der Waals surface area contributed by atoms with Crippen molar-refractivity contribution in [2.75, 3.05) is 0 Å². The third-order valence-electron chi connectivity index (χ3n) is 3.39. The summed E-state index contributed by atoms with van der Waals surface area (Å²) < 4.78 is 4.70. The Morgan fingerprint density at radius 2 is 2.24 bits per heavy atom. The number of nitrogens with two attached hydrogens (primary N) is 1. The molecule has 0 radical (unpaired) electrons. The zero-order chi connectivity index (χ0) is 14.7. The van der Waals surface area contributed by atoms with Crippen LogP contribution in [0.5, 0.6) is 0 Å². The lowest BCUT2D eigenvalue weighted by atomic mass is 10.1. The highest BCUT2D eigenvalue weighted by Crippen LogP contribution is 2.18. The first kappa shape index (κ1) is 13.4. The Hall–Kier alpha value is -2.60. The van der Waals surface area contributed by atoms with E-state index >= 15 is 0 Å². The van der Waals surface area contributed by atoms with E-state index in [1.807, 2.05) is 30.5 Å². The zero-order valence-electron chi connectivity index (χ0n) is 11.4. The van der Waals surface area contributed by atoms with Gasteiger partial charge in [0.25, 0.3) is 0 Å². The number of nitrogens with one attached hydrogen (secondary N) is 2. The number of benzene rings is 1. The van der Waals surface area contributed by atoms with Gasteiger partial charge in [0.15, 0.2) is 0 Å². The lowest BCUT2D eigenvalue weighted by Gasteiger charge is -2.11. The van der Waals surface area contributed by atoms with Gasteiger partial charge < -0.3 is 20.6 Å². The van der Waals surface area contributed by atoms with Gasteiger partial charge in [-0.2, -0.15) is 0 Å². The van der Waals surface area contributed by atoms with Crippen LogP contribution in [0.4, 0.5) is 0 Å². The first-order chi connectivity index (χ1) is 10.2. The van der Waals surface area contributed by atoms with Crippen molar-refractivity contribution in [3.05, 3.63) is 54.0 Å². The van der Waals surface area contributed by atoms with E-state index in [0.29, 0.717) is 18.7 Å². The number of amides is 1. The van der Waals surface area contributed by atoms with Crippen molar-refractivity contribution >= 4 is 16.8 Å². The van der Waals surface area contributed by atoms with E-state index in [1.54, 1.807) is 6.07 Å². The fourth-order valence-corrected chi connectivity index (χ4v) is 2.27. The van der Waals surface area contributed by atoms with E-state index in [0.717, 1.165) is 16.5 Å². The van der Waals surface area contributed by atoms with Crippen LogP contribution < -0.4 is 11.1 Å². The number of nitrogens with zero attached hydrogens (tertiary/aromatic N) is 1. The number of carbonyl (C=O) groups excluding carboxylic acids is 1. The number of carbonyl (C=O) groups is 1. The van der Waals surface area contributed by atoms with Gasteiger partial charge in [0.1, 0.15) is 12.0 Å². The summed E-state index contributed by atoms with van der Waals surface area (Å²) in [5, 5.41) is 7.57. The number of hydrogen-bond donors (Lipinski definition) is 3. The molecule has 21 heavy (non-hydrogen) atoms. The van der Waals surface area contributed by atoms with Crippen molar-refractivity contribution in [2.24, 2.45) is 5.73 Å². The minimum absolute atomic E-state index is 0.205. The first-order valence-corrected chi connectivity index (χ1v) is 6.71. The summed E-state index contributed by atoms with van der Waals surface area (Å²) in [6, 6.07) is 9.04. The van der Waals surface area contributed by atoms with Crippen molar-refractivity contribution in [3.8, 4) is 0 Å². The van der Waals surface area contributed by atoms with E-state index in [4.69, 9.17) is 10.3 Å². The molecule has 6 heteroatoms. The summed E-state index contributed by atoms with van der Waals surface area (Å²) in [5.41, 5.74) is 8.72. The molecule has 1 atom stereocenters. The fourth-order valence-electron chi connectivity index (χ4n) is 2.27. The lowest BCUT2D eigenvalue weighted by Crippen LogP contribution is -2.41. The van der Waals surface area contributed by atoms with Crippen LogP contribution in [0.2, 0.25) is 0 Å². The lowest BCUT2D eigenvalue weighted by molar-refractivity contribution is -0.122. The van der Waals surface area contributed by atoms with E-state index in [9.17, 15) is 4.79 Å². The van der Waals surface area contributed by atoms with Gasteiger partial charge in [-0.1, -0.05) is 23.4 Å². The fraction of sp³-hybridized carbons (Fsp3) is 0.200. The monoisotopic (exact) mass is 284 g/mol. The summed E-state index contributed by atoms with van der Waals surface area (Å²) >= 11 is 0. The summed E-state index contributed by atoms with van der Waals surface area (Å²) in [4.78, 5) is 15.2. The van der Waals surface area contributed by atoms with Crippen LogP contribution in [0.1, 0.15) is 11.3 Å². The zero-order valence-corrected chi connectivity index (χ0v) is 11.4. The highest BCUT2D eigenvalue weighted by molar-refractivity contribution is 5.86. The molecule has 2 aromatic heterocycles.